The topological polar surface area (TPSA) is 78.8 Å². The Kier molecular flexibility index (Phi) is 4.95. The van der Waals surface area contributed by atoms with E-state index in [0.717, 1.165) is 21.2 Å². The predicted molar refractivity (Wildman–Crippen MR) is 104 cm³/mol. The molecule has 6 heteroatoms. The predicted octanol–water partition coefficient (Wildman–Crippen LogP) is 5.03. The largest absolute Gasteiger partial charge is 0.508 e. The molecule has 0 aliphatic carbocycles. The number of hydrogen-bond acceptors (Lipinski definition) is 3. The van der Waals surface area contributed by atoms with Crippen molar-refractivity contribution in [3.8, 4) is 28.0 Å². The molecule has 0 amide bonds. The summed E-state index contributed by atoms with van der Waals surface area (Å²) in [5, 5.41) is 21.9. The van der Waals surface area contributed by atoms with Gasteiger partial charge < -0.3 is 16.0 Å². The normalized spacial score (nSPS) is 11.6. The van der Waals surface area contributed by atoms with Crippen LogP contribution in [0.2, 0.25) is 0 Å². The van der Waals surface area contributed by atoms with E-state index in [1.54, 1.807) is 36.4 Å². The summed E-state index contributed by atoms with van der Waals surface area (Å²) in [6.45, 7) is 1.87. The van der Waals surface area contributed by atoms with Gasteiger partial charge in [0.1, 0.15) is 11.6 Å². The molecule has 3 aromatic carbocycles. The third-order valence-electron chi connectivity index (χ3n) is 4.13. The third kappa shape index (κ3) is 3.41. The van der Waals surface area contributed by atoms with Crippen LogP contribution in [0, 0.1) is 12.7 Å². The smallest absolute Gasteiger partial charge is 0.170 e. The van der Waals surface area contributed by atoms with Gasteiger partial charge in [-0.05, 0) is 65.6 Å². The van der Waals surface area contributed by atoms with Crippen molar-refractivity contribution in [1.29, 1.82) is 0 Å². The molecule has 4 nitrogen and oxygen atoms in total. The maximum atomic E-state index is 14.0. The van der Waals surface area contributed by atoms with E-state index in [1.807, 2.05) is 13.0 Å². The van der Waals surface area contributed by atoms with Gasteiger partial charge >= 0.3 is 0 Å². The van der Waals surface area contributed by atoms with Gasteiger partial charge in [0.2, 0.25) is 0 Å². The lowest BCUT2D eigenvalue weighted by atomic mass is 9.88. The lowest BCUT2D eigenvalue weighted by molar-refractivity contribution is 0.318. The molecule has 0 aromatic heterocycles. The third-order valence-corrected chi connectivity index (χ3v) is 4.59. The molecule has 0 bridgehead atoms. The van der Waals surface area contributed by atoms with Crippen LogP contribution >= 0.6 is 15.9 Å². The van der Waals surface area contributed by atoms with Gasteiger partial charge in [0, 0.05) is 15.6 Å². The van der Waals surface area contributed by atoms with E-state index < -0.39 is 0 Å². The Balaban J connectivity index is 2.42. The van der Waals surface area contributed by atoms with E-state index in [9.17, 15) is 14.7 Å². The van der Waals surface area contributed by atoms with Crippen molar-refractivity contribution >= 4 is 21.8 Å². The highest BCUT2D eigenvalue weighted by molar-refractivity contribution is 9.10. The summed E-state index contributed by atoms with van der Waals surface area (Å²) in [4.78, 5) is 0. The molecule has 0 heterocycles. The molecule has 0 radical (unpaired) electrons. The van der Waals surface area contributed by atoms with Crippen LogP contribution < -0.4 is 5.73 Å². The Bertz CT molecular complexity index is 1000. The molecule has 4 N–H and O–H groups in total. The number of nitrogens with two attached hydrogens (primary N) is 1. The summed E-state index contributed by atoms with van der Waals surface area (Å²) in [6.07, 6.45) is 0. The maximum absolute atomic E-state index is 14.0. The fraction of sp³-hybridized carbons (Fsp3) is 0.0500. The second kappa shape index (κ2) is 7.17. The number of nitrogens with zero attached hydrogens (tertiary/aromatic N) is 1. The van der Waals surface area contributed by atoms with Crippen LogP contribution in [-0.2, 0) is 0 Å². The SMILES string of the molecule is Cc1ccc(F)cc1-c1c(/C(N)=N/O)cc(Br)cc1-c1ccc(O)cc1. The van der Waals surface area contributed by atoms with E-state index in [1.165, 1.54) is 12.1 Å². The van der Waals surface area contributed by atoms with Crippen LogP contribution in [0.1, 0.15) is 11.1 Å². The van der Waals surface area contributed by atoms with Crippen molar-refractivity contribution in [1.82, 2.24) is 0 Å². The van der Waals surface area contributed by atoms with E-state index in [-0.39, 0.29) is 17.4 Å². The Hall–Kier alpha value is -2.86. The number of phenolic OH excluding ortho intramolecular Hbond substituents is 1. The van der Waals surface area contributed by atoms with Crippen LogP contribution in [0.25, 0.3) is 22.3 Å². The second-order valence-electron chi connectivity index (χ2n) is 5.87. The molecule has 0 aliphatic heterocycles. The van der Waals surface area contributed by atoms with Crippen molar-refractivity contribution in [2.75, 3.05) is 0 Å². The van der Waals surface area contributed by atoms with Crippen molar-refractivity contribution in [3.05, 3.63) is 76.0 Å². The highest BCUT2D eigenvalue weighted by Gasteiger charge is 2.19. The molecule has 3 aromatic rings. The minimum absolute atomic E-state index is 0.0787. The highest BCUT2D eigenvalue weighted by Crippen LogP contribution is 2.39. The molecule has 0 fully saturated rings. The molecular weight excluding hydrogens is 399 g/mol. The minimum Gasteiger partial charge on any atom is -0.508 e. The van der Waals surface area contributed by atoms with Crippen LogP contribution in [0.5, 0.6) is 5.75 Å². The Morgan fingerprint density at radius 3 is 2.38 bits per heavy atom. The molecule has 0 atom stereocenters. The van der Waals surface area contributed by atoms with Crippen molar-refractivity contribution in [3.63, 3.8) is 0 Å². The Morgan fingerprint density at radius 1 is 1.04 bits per heavy atom. The summed E-state index contributed by atoms with van der Waals surface area (Å²) in [5.41, 5.74) is 10.1. The number of halogens is 2. The van der Waals surface area contributed by atoms with Crippen LogP contribution in [0.3, 0.4) is 0 Å². The zero-order valence-electron chi connectivity index (χ0n) is 13.9. The molecule has 0 saturated heterocycles. The molecule has 132 valence electrons. The van der Waals surface area contributed by atoms with Crippen molar-refractivity contribution in [2.24, 2.45) is 10.9 Å². The van der Waals surface area contributed by atoms with E-state index >= 15 is 0 Å². The molecule has 0 spiro atoms. The summed E-state index contributed by atoms with van der Waals surface area (Å²) in [5.74, 6) is -0.315. The van der Waals surface area contributed by atoms with Gasteiger partial charge in [0.25, 0.3) is 0 Å². The number of phenols is 1. The standard InChI is InChI=1S/C20H16BrFN2O2/c1-11-2-5-14(22)10-16(11)19-17(12-3-6-15(25)7-4-12)8-13(21)9-18(19)20(23)24-26/h2-10,25-26H,1H3,(H2,23,24). The van der Waals surface area contributed by atoms with Gasteiger partial charge in [-0.1, -0.05) is 39.3 Å². The number of amidine groups is 1. The van der Waals surface area contributed by atoms with E-state index in [2.05, 4.69) is 21.1 Å². The first kappa shape index (κ1) is 17.9. The fourth-order valence-corrected chi connectivity index (χ4v) is 3.34. The highest BCUT2D eigenvalue weighted by atomic mass is 79.9. The number of benzene rings is 3. The molecule has 0 unspecified atom stereocenters. The molecular formula is C20H16BrFN2O2. The van der Waals surface area contributed by atoms with Gasteiger partial charge in [-0.15, -0.1) is 0 Å². The summed E-state index contributed by atoms with van der Waals surface area (Å²) < 4.78 is 14.7. The van der Waals surface area contributed by atoms with Gasteiger partial charge in [0.15, 0.2) is 5.84 Å². The lowest BCUT2D eigenvalue weighted by Gasteiger charge is -2.18. The second-order valence-corrected chi connectivity index (χ2v) is 6.78. The first-order valence-corrected chi connectivity index (χ1v) is 8.57. The number of aryl methyl sites for hydroxylation is 1. The summed E-state index contributed by atoms with van der Waals surface area (Å²) in [7, 11) is 0. The summed E-state index contributed by atoms with van der Waals surface area (Å²) in [6, 6.07) is 14.7. The monoisotopic (exact) mass is 414 g/mol. The first-order valence-electron chi connectivity index (χ1n) is 7.78. The van der Waals surface area contributed by atoms with Gasteiger partial charge in [-0.3, -0.25) is 0 Å². The number of oxime groups is 1. The maximum Gasteiger partial charge on any atom is 0.170 e. The van der Waals surface area contributed by atoms with Gasteiger partial charge in [0.05, 0.1) is 0 Å². The number of hydrogen-bond donors (Lipinski definition) is 3. The average molecular weight is 415 g/mol. The zero-order valence-corrected chi connectivity index (χ0v) is 15.5. The number of rotatable bonds is 3. The molecule has 3 rings (SSSR count). The Labute approximate surface area is 158 Å². The van der Waals surface area contributed by atoms with Crippen LogP contribution in [0.4, 0.5) is 4.39 Å². The van der Waals surface area contributed by atoms with Gasteiger partial charge in [-0.2, -0.15) is 0 Å². The van der Waals surface area contributed by atoms with Crippen molar-refractivity contribution in [2.45, 2.75) is 6.92 Å². The summed E-state index contributed by atoms with van der Waals surface area (Å²) >= 11 is 3.45. The lowest BCUT2D eigenvalue weighted by Crippen LogP contribution is -2.15. The fourth-order valence-electron chi connectivity index (χ4n) is 2.89. The molecule has 0 aliphatic rings. The van der Waals surface area contributed by atoms with Crippen LogP contribution in [-0.4, -0.2) is 16.1 Å². The zero-order chi connectivity index (χ0) is 18.8. The minimum atomic E-state index is -0.379. The Morgan fingerprint density at radius 2 is 1.73 bits per heavy atom. The quantitative estimate of drug-likeness (QED) is 0.243. The molecule has 26 heavy (non-hydrogen) atoms. The first-order chi connectivity index (χ1) is 12.4. The average Bonchev–Trinajstić information content (AvgIpc) is 2.63. The van der Waals surface area contributed by atoms with Crippen molar-refractivity contribution < 1.29 is 14.7 Å². The van der Waals surface area contributed by atoms with E-state index in [0.29, 0.717) is 16.7 Å². The van der Waals surface area contributed by atoms with Crippen LogP contribution in [0.15, 0.2) is 64.2 Å². The van der Waals surface area contributed by atoms with E-state index in [4.69, 9.17) is 5.73 Å². The van der Waals surface area contributed by atoms with Gasteiger partial charge in [-0.25, -0.2) is 4.39 Å². The number of aromatic hydroxyl groups is 1. The molecule has 0 saturated carbocycles.